The average Bonchev–Trinajstić information content (AvgIpc) is 3.27. The molecule has 0 fully saturated rings. The molecule has 1 amide bonds. The molecule has 4 aromatic rings. The number of pyridine rings is 1. The van der Waals surface area contributed by atoms with E-state index in [9.17, 15) is 4.79 Å². The molecule has 5 rings (SSSR count). The lowest BCUT2D eigenvalue weighted by atomic mass is 10.0. The Bertz CT molecular complexity index is 1250. The van der Waals surface area contributed by atoms with E-state index in [2.05, 4.69) is 10.4 Å². The molecule has 0 bridgehead atoms. The lowest BCUT2D eigenvalue weighted by Crippen LogP contribution is -2.16. The van der Waals surface area contributed by atoms with E-state index in [-0.39, 0.29) is 5.91 Å². The Kier molecular flexibility index (Phi) is 4.55. The molecule has 7 nitrogen and oxygen atoms in total. The summed E-state index contributed by atoms with van der Waals surface area (Å²) in [6.45, 7) is 3.81. The minimum absolute atomic E-state index is 0.214. The van der Waals surface area contributed by atoms with Gasteiger partial charge in [-0.1, -0.05) is 18.2 Å². The predicted molar refractivity (Wildman–Crippen MR) is 114 cm³/mol. The Labute approximate surface area is 173 Å². The minimum Gasteiger partial charge on any atom is -0.486 e. The third-order valence-electron chi connectivity index (χ3n) is 5.01. The van der Waals surface area contributed by atoms with Crippen LogP contribution in [-0.2, 0) is 6.54 Å². The molecule has 30 heavy (non-hydrogen) atoms. The molecule has 2 aromatic carbocycles. The van der Waals surface area contributed by atoms with Crippen LogP contribution < -0.4 is 14.8 Å². The maximum absolute atomic E-state index is 13.2. The SMILES string of the molecule is CCn1cc(-c2cc(C(=O)Nc3ccc4c(c3)OCCO4)c3ccccc3n2)cn1. The molecule has 1 aliphatic heterocycles. The second-order valence-electron chi connectivity index (χ2n) is 6.97. The molecule has 1 N–H and O–H groups in total. The van der Waals surface area contributed by atoms with Crippen molar-refractivity contribution in [3.63, 3.8) is 0 Å². The van der Waals surface area contributed by atoms with Gasteiger partial charge in [0.25, 0.3) is 5.91 Å². The second kappa shape index (κ2) is 7.51. The van der Waals surface area contributed by atoms with Crippen LogP contribution in [0.1, 0.15) is 17.3 Å². The van der Waals surface area contributed by atoms with Gasteiger partial charge in [-0.05, 0) is 31.2 Å². The van der Waals surface area contributed by atoms with Gasteiger partial charge in [-0.2, -0.15) is 5.10 Å². The summed E-state index contributed by atoms with van der Waals surface area (Å²) in [5.74, 6) is 1.10. The fourth-order valence-electron chi connectivity index (χ4n) is 3.50. The van der Waals surface area contributed by atoms with Crippen LogP contribution in [0.2, 0.25) is 0 Å². The number of aryl methyl sites for hydroxylation is 1. The van der Waals surface area contributed by atoms with E-state index in [1.807, 2.05) is 48.1 Å². The summed E-state index contributed by atoms with van der Waals surface area (Å²) >= 11 is 0. The van der Waals surface area contributed by atoms with Crippen LogP contribution in [0, 0.1) is 0 Å². The van der Waals surface area contributed by atoms with Crippen molar-refractivity contribution in [1.29, 1.82) is 0 Å². The van der Waals surface area contributed by atoms with Gasteiger partial charge in [0.15, 0.2) is 11.5 Å². The number of anilines is 1. The van der Waals surface area contributed by atoms with Crippen molar-refractivity contribution in [2.75, 3.05) is 18.5 Å². The largest absolute Gasteiger partial charge is 0.486 e. The highest BCUT2D eigenvalue weighted by molar-refractivity contribution is 6.13. The zero-order chi connectivity index (χ0) is 20.5. The highest BCUT2D eigenvalue weighted by atomic mass is 16.6. The summed E-state index contributed by atoms with van der Waals surface area (Å²) in [5, 5.41) is 8.09. The van der Waals surface area contributed by atoms with Gasteiger partial charge in [-0.15, -0.1) is 0 Å². The first kappa shape index (κ1) is 18.2. The quantitative estimate of drug-likeness (QED) is 0.557. The topological polar surface area (TPSA) is 78.3 Å². The Hall–Kier alpha value is -3.87. The molecule has 0 saturated carbocycles. The van der Waals surface area contributed by atoms with Crippen molar-refractivity contribution in [3.8, 4) is 22.8 Å². The van der Waals surface area contributed by atoms with Crippen LogP contribution in [0.5, 0.6) is 11.5 Å². The predicted octanol–water partition coefficient (Wildman–Crippen LogP) is 4.14. The Balaban J connectivity index is 1.53. The molecule has 7 heteroatoms. The number of fused-ring (bicyclic) bond motifs is 2. The monoisotopic (exact) mass is 400 g/mol. The van der Waals surface area contributed by atoms with Gasteiger partial charge in [0.05, 0.1) is 23.0 Å². The molecule has 150 valence electrons. The first-order valence-electron chi connectivity index (χ1n) is 9.85. The standard InChI is InChI=1S/C23H20N4O3/c1-2-27-14-15(13-24-27)20-12-18(17-5-3-4-6-19(17)26-20)23(28)25-16-7-8-21-22(11-16)30-10-9-29-21/h3-8,11-14H,2,9-10H2,1H3,(H,25,28). The van der Waals surface area contributed by atoms with E-state index in [0.717, 1.165) is 23.0 Å². The third kappa shape index (κ3) is 3.34. The maximum atomic E-state index is 13.2. The molecule has 0 atom stereocenters. The third-order valence-corrected chi connectivity index (χ3v) is 5.01. The Morgan fingerprint density at radius 2 is 1.93 bits per heavy atom. The zero-order valence-corrected chi connectivity index (χ0v) is 16.5. The van der Waals surface area contributed by atoms with Crippen molar-refractivity contribution in [1.82, 2.24) is 14.8 Å². The van der Waals surface area contributed by atoms with Crippen LogP contribution in [0.4, 0.5) is 5.69 Å². The number of aromatic nitrogens is 3. The zero-order valence-electron chi connectivity index (χ0n) is 16.5. The van der Waals surface area contributed by atoms with Gasteiger partial charge in [-0.3, -0.25) is 9.48 Å². The summed E-state index contributed by atoms with van der Waals surface area (Å²) in [6, 6.07) is 14.8. The smallest absolute Gasteiger partial charge is 0.256 e. The van der Waals surface area contributed by atoms with Gasteiger partial charge in [0, 0.05) is 35.4 Å². The molecule has 0 unspecified atom stereocenters. The molecular weight excluding hydrogens is 380 g/mol. The van der Waals surface area contributed by atoms with Crippen LogP contribution in [0.25, 0.3) is 22.2 Å². The molecule has 0 radical (unpaired) electrons. The number of hydrogen-bond donors (Lipinski definition) is 1. The number of amides is 1. The molecule has 3 heterocycles. The number of nitrogens with zero attached hydrogens (tertiary/aromatic N) is 3. The normalized spacial score (nSPS) is 12.7. The lowest BCUT2D eigenvalue weighted by Gasteiger charge is -2.19. The second-order valence-corrected chi connectivity index (χ2v) is 6.97. The summed E-state index contributed by atoms with van der Waals surface area (Å²) < 4.78 is 13.0. The van der Waals surface area contributed by atoms with Crippen LogP contribution in [0.3, 0.4) is 0 Å². The summed E-state index contributed by atoms with van der Waals surface area (Å²) in [5.41, 5.74) is 3.53. The number of carbonyl (C=O) groups is 1. The van der Waals surface area contributed by atoms with Gasteiger partial charge < -0.3 is 14.8 Å². The molecule has 0 saturated heterocycles. The highest BCUT2D eigenvalue weighted by Gasteiger charge is 2.17. The average molecular weight is 400 g/mol. The molecule has 0 aliphatic carbocycles. The first-order chi connectivity index (χ1) is 14.7. The number of benzene rings is 2. The van der Waals surface area contributed by atoms with Crippen LogP contribution in [0.15, 0.2) is 60.9 Å². The number of para-hydroxylation sites is 1. The number of rotatable bonds is 4. The minimum atomic E-state index is -0.214. The van der Waals surface area contributed by atoms with Gasteiger partial charge in [0.1, 0.15) is 13.2 Å². The van der Waals surface area contributed by atoms with Crippen molar-refractivity contribution in [2.24, 2.45) is 0 Å². The summed E-state index contributed by atoms with van der Waals surface area (Å²) in [6.07, 6.45) is 3.70. The van der Waals surface area contributed by atoms with Crippen molar-refractivity contribution >= 4 is 22.5 Å². The molecule has 2 aromatic heterocycles. The number of carbonyl (C=O) groups excluding carboxylic acids is 1. The maximum Gasteiger partial charge on any atom is 0.256 e. The van der Waals surface area contributed by atoms with Gasteiger partial charge >= 0.3 is 0 Å². The fourth-order valence-corrected chi connectivity index (χ4v) is 3.50. The Morgan fingerprint density at radius 1 is 1.10 bits per heavy atom. The van der Waals surface area contributed by atoms with E-state index < -0.39 is 0 Å². The first-order valence-corrected chi connectivity index (χ1v) is 9.85. The van der Waals surface area contributed by atoms with Crippen LogP contribution in [-0.4, -0.2) is 33.9 Å². The summed E-state index contributed by atoms with van der Waals surface area (Å²) in [7, 11) is 0. The lowest BCUT2D eigenvalue weighted by molar-refractivity contribution is 0.102. The van der Waals surface area contributed by atoms with Gasteiger partial charge in [0.2, 0.25) is 0 Å². The fraction of sp³-hybridized carbons (Fsp3) is 0.174. The van der Waals surface area contributed by atoms with E-state index in [1.165, 1.54) is 0 Å². The van der Waals surface area contributed by atoms with E-state index in [4.69, 9.17) is 14.5 Å². The van der Waals surface area contributed by atoms with E-state index in [1.54, 1.807) is 24.4 Å². The van der Waals surface area contributed by atoms with Crippen molar-refractivity contribution < 1.29 is 14.3 Å². The molecule has 1 aliphatic rings. The van der Waals surface area contributed by atoms with E-state index >= 15 is 0 Å². The molecule has 0 spiro atoms. The number of ether oxygens (including phenoxy) is 2. The number of hydrogen-bond acceptors (Lipinski definition) is 5. The Morgan fingerprint density at radius 3 is 2.77 bits per heavy atom. The van der Waals surface area contributed by atoms with Crippen molar-refractivity contribution in [2.45, 2.75) is 13.5 Å². The van der Waals surface area contributed by atoms with Crippen molar-refractivity contribution in [3.05, 3.63) is 66.5 Å². The molecular formula is C23H20N4O3. The number of nitrogens with one attached hydrogen (secondary N) is 1. The summed E-state index contributed by atoms with van der Waals surface area (Å²) in [4.78, 5) is 17.9. The van der Waals surface area contributed by atoms with Gasteiger partial charge in [-0.25, -0.2) is 4.98 Å². The highest BCUT2D eigenvalue weighted by Crippen LogP contribution is 2.33. The van der Waals surface area contributed by atoms with Crippen LogP contribution >= 0.6 is 0 Å². The van der Waals surface area contributed by atoms with E-state index in [0.29, 0.717) is 41.7 Å².